The summed E-state index contributed by atoms with van der Waals surface area (Å²) in [6, 6.07) is 17.9. The van der Waals surface area contributed by atoms with Crippen LogP contribution in [-0.4, -0.2) is 81.9 Å². The molecule has 3 rings (SSSR count). The number of nitrogens with one attached hydrogen (secondary N) is 2. The molecule has 12 heteroatoms. The maximum absolute atomic E-state index is 13.5. The van der Waals surface area contributed by atoms with Crippen molar-refractivity contribution >= 4 is 38.5 Å². The molecular formula is C32H44N4O7S. The van der Waals surface area contributed by atoms with Gasteiger partial charge in [0.05, 0.1) is 18.1 Å². The highest BCUT2D eigenvalue weighted by Crippen LogP contribution is 2.23. The van der Waals surface area contributed by atoms with Crippen LogP contribution in [0.1, 0.15) is 32.3 Å². The lowest BCUT2D eigenvalue weighted by Crippen LogP contribution is -2.49. The minimum atomic E-state index is -3.91. The number of hydrogen-bond acceptors (Lipinski definition) is 8. The average molecular weight is 629 g/mol. The van der Waals surface area contributed by atoms with E-state index in [2.05, 4.69) is 10.6 Å². The number of ether oxygens (including phenoxy) is 2. The Hall–Kier alpha value is -3.71. The van der Waals surface area contributed by atoms with E-state index in [1.54, 1.807) is 0 Å². The summed E-state index contributed by atoms with van der Waals surface area (Å²) in [7, 11) is -2.41. The molecule has 0 spiro atoms. The number of aliphatic hydroxyl groups is 1. The number of hydrogen-bond donors (Lipinski definition) is 4. The molecule has 3 aromatic rings. The SMILES string of the molecule is COCCOC(=O)N[C@@H](Cc1cccc2ccccc12)C(=O)NCCCC(CO)N(CC(C)C)S(=O)(=O)c1ccc(N)cc1. The number of methoxy groups -OCH3 is 1. The number of carbonyl (C=O) groups is 2. The van der Waals surface area contributed by atoms with Gasteiger partial charge in [0.1, 0.15) is 12.6 Å². The zero-order valence-electron chi connectivity index (χ0n) is 25.6. The van der Waals surface area contributed by atoms with Crippen LogP contribution in [0.5, 0.6) is 0 Å². The number of benzene rings is 3. The van der Waals surface area contributed by atoms with Crippen LogP contribution in [0.3, 0.4) is 0 Å². The van der Waals surface area contributed by atoms with E-state index in [4.69, 9.17) is 15.2 Å². The van der Waals surface area contributed by atoms with Gasteiger partial charge in [-0.15, -0.1) is 0 Å². The molecule has 0 aliphatic heterocycles. The molecule has 0 fully saturated rings. The summed E-state index contributed by atoms with van der Waals surface area (Å²) < 4.78 is 38.4. The van der Waals surface area contributed by atoms with Crippen LogP contribution >= 0.6 is 0 Å². The first kappa shape index (κ1) is 34.8. The molecule has 0 aliphatic carbocycles. The lowest BCUT2D eigenvalue weighted by molar-refractivity contribution is -0.123. The van der Waals surface area contributed by atoms with Crippen molar-refractivity contribution in [2.45, 2.75) is 50.1 Å². The van der Waals surface area contributed by atoms with Gasteiger partial charge < -0.3 is 30.9 Å². The molecule has 0 radical (unpaired) electrons. The molecule has 2 atom stereocenters. The van der Waals surface area contributed by atoms with Crippen LogP contribution in [0.4, 0.5) is 10.5 Å². The summed E-state index contributed by atoms with van der Waals surface area (Å²) in [5, 5.41) is 17.7. The Morgan fingerprint density at radius 2 is 1.70 bits per heavy atom. The number of nitrogens with two attached hydrogens (primary N) is 1. The average Bonchev–Trinajstić information content (AvgIpc) is 3.00. The maximum Gasteiger partial charge on any atom is 0.407 e. The standard InChI is InChI=1S/C32H44N4O7S/c1-23(2)21-36(44(40,41)28-15-13-26(33)14-16-28)27(22-37)11-7-17-34-31(38)30(35-32(39)43-19-18-42-3)20-25-10-6-9-24-8-4-5-12-29(24)25/h4-6,8-10,12-16,23,27,30,37H,7,11,17-22,33H2,1-3H3,(H,34,38)(H,35,39)/t27?,30-/m0/s1. The second-order valence-corrected chi connectivity index (χ2v) is 12.9. The van der Waals surface area contributed by atoms with Gasteiger partial charge >= 0.3 is 6.09 Å². The first-order chi connectivity index (χ1) is 21.1. The highest BCUT2D eigenvalue weighted by atomic mass is 32.2. The van der Waals surface area contributed by atoms with Gasteiger partial charge in [-0.25, -0.2) is 13.2 Å². The zero-order chi connectivity index (χ0) is 32.1. The summed E-state index contributed by atoms with van der Waals surface area (Å²) in [5.41, 5.74) is 7.08. The molecule has 44 heavy (non-hydrogen) atoms. The molecule has 0 saturated heterocycles. The van der Waals surface area contributed by atoms with Crippen LogP contribution in [0, 0.1) is 5.92 Å². The number of fused-ring (bicyclic) bond motifs is 1. The van der Waals surface area contributed by atoms with E-state index in [9.17, 15) is 23.1 Å². The van der Waals surface area contributed by atoms with Gasteiger partial charge in [-0.1, -0.05) is 56.3 Å². The van der Waals surface area contributed by atoms with E-state index in [-0.39, 0.29) is 50.1 Å². The van der Waals surface area contributed by atoms with Crippen molar-refractivity contribution in [3.8, 4) is 0 Å². The molecule has 11 nitrogen and oxygen atoms in total. The van der Waals surface area contributed by atoms with Gasteiger partial charge in [-0.3, -0.25) is 4.79 Å². The molecule has 1 unspecified atom stereocenters. The Kier molecular flexibility index (Phi) is 13.4. The monoisotopic (exact) mass is 628 g/mol. The van der Waals surface area contributed by atoms with Crippen molar-refractivity contribution in [1.29, 1.82) is 0 Å². The molecule has 0 saturated carbocycles. The number of aliphatic hydroxyl groups excluding tert-OH is 1. The third kappa shape index (κ3) is 9.91. The summed E-state index contributed by atoms with van der Waals surface area (Å²) in [6.07, 6.45) is 0.189. The zero-order valence-corrected chi connectivity index (χ0v) is 26.4. The second-order valence-electron chi connectivity index (χ2n) is 11.0. The van der Waals surface area contributed by atoms with Crippen molar-refractivity contribution in [2.75, 3.05) is 45.8 Å². The minimum absolute atomic E-state index is 0.0110. The number of sulfonamides is 1. The first-order valence-corrected chi connectivity index (χ1v) is 16.2. The van der Waals surface area contributed by atoms with E-state index in [1.165, 1.54) is 35.7 Å². The largest absolute Gasteiger partial charge is 0.447 e. The van der Waals surface area contributed by atoms with Crippen molar-refractivity contribution in [1.82, 2.24) is 14.9 Å². The summed E-state index contributed by atoms with van der Waals surface area (Å²) >= 11 is 0. The van der Waals surface area contributed by atoms with E-state index < -0.39 is 34.1 Å². The number of nitrogen functional groups attached to an aromatic ring is 1. The Bertz CT molecular complexity index is 1460. The van der Waals surface area contributed by atoms with E-state index >= 15 is 0 Å². The number of alkyl carbamates (subject to hydrolysis) is 1. The number of carbonyl (C=O) groups excluding carboxylic acids is 2. The molecule has 3 aromatic carbocycles. The van der Waals surface area contributed by atoms with Crippen molar-refractivity contribution in [3.63, 3.8) is 0 Å². The maximum atomic E-state index is 13.5. The number of anilines is 1. The number of amides is 2. The van der Waals surface area contributed by atoms with Crippen LogP contribution in [0.15, 0.2) is 71.6 Å². The highest BCUT2D eigenvalue weighted by molar-refractivity contribution is 7.89. The minimum Gasteiger partial charge on any atom is -0.447 e. The number of rotatable bonds is 17. The van der Waals surface area contributed by atoms with E-state index in [1.807, 2.05) is 56.3 Å². The Morgan fingerprint density at radius 1 is 1.00 bits per heavy atom. The first-order valence-electron chi connectivity index (χ1n) is 14.7. The molecule has 240 valence electrons. The molecule has 5 N–H and O–H groups in total. The van der Waals surface area contributed by atoms with E-state index in [0.29, 0.717) is 18.5 Å². The Morgan fingerprint density at radius 3 is 2.39 bits per heavy atom. The summed E-state index contributed by atoms with van der Waals surface area (Å²) in [5.74, 6) is -0.396. The van der Waals surface area contributed by atoms with Crippen LogP contribution < -0.4 is 16.4 Å². The number of nitrogens with zero attached hydrogens (tertiary/aromatic N) is 1. The fourth-order valence-corrected chi connectivity index (χ4v) is 6.69. The predicted molar refractivity (Wildman–Crippen MR) is 171 cm³/mol. The third-order valence-corrected chi connectivity index (χ3v) is 9.03. The quantitative estimate of drug-likeness (QED) is 0.131. The lowest BCUT2D eigenvalue weighted by atomic mass is 9.98. The summed E-state index contributed by atoms with van der Waals surface area (Å²) in [4.78, 5) is 25.9. The van der Waals surface area contributed by atoms with Gasteiger partial charge in [-0.05, 0) is 59.4 Å². The molecule has 0 heterocycles. The third-order valence-electron chi connectivity index (χ3n) is 7.10. The van der Waals surface area contributed by atoms with Gasteiger partial charge in [0.25, 0.3) is 0 Å². The fourth-order valence-electron chi connectivity index (χ4n) is 4.88. The smallest absolute Gasteiger partial charge is 0.407 e. The molecule has 0 bridgehead atoms. The van der Waals surface area contributed by atoms with E-state index in [0.717, 1.165) is 16.3 Å². The summed E-state index contributed by atoms with van der Waals surface area (Å²) in [6.45, 7) is 4.12. The Balaban J connectivity index is 1.69. The van der Waals surface area contributed by atoms with Crippen LogP contribution in [0.2, 0.25) is 0 Å². The molecule has 0 aromatic heterocycles. The highest BCUT2D eigenvalue weighted by Gasteiger charge is 2.31. The van der Waals surface area contributed by atoms with Gasteiger partial charge in [-0.2, -0.15) is 4.31 Å². The predicted octanol–water partition coefficient (Wildman–Crippen LogP) is 3.31. The molecule has 2 amide bonds. The topological polar surface area (TPSA) is 160 Å². The van der Waals surface area contributed by atoms with Gasteiger partial charge in [0.2, 0.25) is 15.9 Å². The Labute approximate surface area is 259 Å². The van der Waals surface area contributed by atoms with Crippen LogP contribution in [0.25, 0.3) is 10.8 Å². The normalized spacial score (nSPS) is 13.1. The van der Waals surface area contributed by atoms with Crippen molar-refractivity contribution in [2.24, 2.45) is 5.92 Å². The van der Waals surface area contributed by atoms with Crippen LogP contribution in [-0.2, 0) is 30.7 Å². The van der Waals surface area contributed by atoms with Gasteiger partial charge in [0.15, 0.2) is 0 Å². The molecule has 0 aliphatic rings. The van der Waals surface area contributed by atoms with Crippen molar-refractivity contribution in [3.05, 3.63) is 72.3 Å². The molecular weight excluding hydrogens is 584 g/mol. The van der Waals surface area contributed by atoms with Gasteiger partial charge in [0, 0.05) is 38.3 Å². The lowest BCUT2D eigenvalue weighted by Gasteiger charge is -2.31. The fraction of sp³-hybridized carbons (Fsp3) is 0.438. The van der Waals surface area contributed by atoms with Crippen molar-refractivity contribution < 1.29 is 32.6 Å². The second kappa shape index (κ2) is 17.0.